The fraction of sp³-hybridized carbons (Fsp3) is 0.471. The number of nitrogens with one attached hydrogen (secondary N) is 2. The summed E-state index contributed by atoms with van der Waals surface area (Å²) < 4.78 is 3.93. The predicted octanol–water partition coefficient (Wildman–Crippen LogP) is 1.47. The molecule has 0 radical (unpaired) electrons. The molecule has 3 rings (SSSR count). The van der Waals surface area contributed by atoms with E-state index >= 15 is 0 Å². The molecule has 0 unspecified atom stereocenters. The van der Waals surface area contributed by atoms with Gasteiger partial charge in [0.25, 0.3) is 5.91 Å². The lowest BCUT2D eigenvalue weighted by molar-refractivity contribution is 0.0291. The van der Waals surface area contributed by atoms with Crippen LogP contribution in [0.1, 0.15) is 40.7 Å². The van der Waals surface area contributed by atoms with Gasteiger partial charge in [0.1, 0.15) is 4.88 Å². The highest BCUT2D eigenvalue weighted by Gasteiger charge is 2.43. The summed E-state index contributed by atoms with van der Waals surface area (Å²) in [6, 6.07) is 9.68. The number of β-amino-alcohol motifs (C(OH)–C–C–N with tert-alkyl or cyclic N) is 1. The summed E-state index contributed by atoms with van der Waals surface area (Å²) in [7, 11) is 0. The topological polar surface area (TPSA) is 87.1 Å². The lowest BCUT2D eigenvalue weighted by Crippen LogP contribution is -2.61. The van der Waals surface area contributed by atoms with Crippen LogP contribution >= 0.6 is 11.5 Å². The van der Waals surface area contributed by atoms with Gasteiger partial charge in [-0.3, -0.25) is 4.79 Å². The van der Waals surface area contributed by atoms with E-state index in [0.717, 1.165) is 42.2 Å². The number of aliphatic hydroxyl groups is 1. The molecule has 1 saturated heterocycles. The van der Waals surface area contributed by atoms with Gasteiger partial charge >= 0.3 is 0 Å². The van der Waals surface area contributed by atoms with Crippen LogP contribution in [0.5, 0.6) is 0 Å². The molecule has 0 spiro atoms. The molecule has 0 bridgehead atoms. The first-order valence-corrected chi connectivity index (χ1v) is 9.02. The molecule has 1 aliphatic heterocycles. The lowest BCUT2D eigenvalue weighted by atomic mass is 9.79. The number of rotatable bonds is 5. The third-order valence-electron chi connectivity index (χ3n) is 4.48. The average Bonchev–Trinajstić information content (AvgIpc) is 3.06. The molecule has 2 heterocycles. The van der Waals surface area contributed by atoms with Gasteiger partial charge in [-0.2, -0.15) is 0 Å². The summed E-state index contributed by atoms with van der Waals surface area (Å²) in [6.07, 6.45) is 1.55. The van der Waals surface area contributed by atoms with E-state index in [1.54, 1.807) is 0 Å². The van der Waals surface area contributed by atoms with Crippen LogP contribution in [0.4, 0.5) is 0 Å². The number of nitrogens with zero attached hydrogens (tertiary/aromatic N) is 2. The number of aliphatic hydroxyl groups excluding tert-OH is 1. The lowest BCUT2D eigenvalue weighted by Gasteiger charge is -2.42. The van der Waals surface area contributed by atoms with Crippen LogP contribution in [0.2, 0.25) is 0 Å². The van der Waals surface area contributed by atoms with Gasteiger partial charge in [0.2, 0.25) is 0 Å². The van der Waals surface area contributed by atoms with E-state index in [1.165, 1.54) is 0 Å². The Hall–Kier alpha value is -1.83. The number of hydrogen-bond acceptors (Lipinski definition) is 6. The van der Waals surface area contributed by atoms with Crippen LogP contribution in [0.15, 0.2) is 30.3 Å². The number of benzene rings is 1. The van der Waals surface area contributed by atoms with Crippen LogP contribution in [0.3, 0.4) is 0 Å². The maximum Gasteiger partial charge on any atom is 0.265 e. The number of hydrogen-bond donors (Lipinski definition) is 3. The summed E-state index contributed by atoms with van der Waals surface area (Å²) in [5, 5.41) is 21.0. The van der Waals surface area contributed by atoms with E-state index in [4.69, 9.17) is 0 Å². The number of carbonyl (C=O) groups excluding carboxylic acids is 1. The molecule has 3 N–H and O–H groups in total. The number of aromatic nitrogens is 2. The Morgan fingerprint density at radius 2 is 2.25 bits per heavy atom. The molecule has 1 aliphatic rings. The third kappa shape index (κ3) is 3.19. The molecule has 1 aromatic heterocycles. The first-order chi connectivity index (χ1) is 11.7. The second-order valence-corrected chi connectivity index (χ2v) is 6.81. The van der Waals surface area contributed by atoms with Gasteiger partial charge < -0.3 is 15.7 Å². The molecule has 7 heteroatoms. The minimum Gasteiger partial charge on any atom is -0.389 e. The maximum absolute atomic E-state index is 12.9. The Kier molecular flexibility index (Phi) is 5.23. The first kappa shape index (κ1) is 17.0. The second kappa shape index (κ2) is 7.38. The van der Waals surface area contributed by atoms with Crippen molar-refractivity contribution in [2.45, 2.75) is 37.8 Å². The number of aryl methyl sites for hydroxylation is 1. The summed E-state index contributed by atoms with van der Waals surface area (Å²) in [5.41, 5.74) is 0.852. The summed E-state index contributed by atoms with van der Waals surface area (Å²) >= 11 is 1.11. The van der Waals surface area contributed by atoms with Gasteiger partial charge in [-0.25, -0.2) is 0 Å². The van der Waals surface area contributed by atoms with Gasteiger partial charge in [0.05, 0.1) is 17.3 Å². The Morgan fingerprint density at radius 1 is 1.46 bits per heavy atom. The highest BCUT2D eigenvalue weighted by Crippen LogP contribution is 2.32. The van der Waals surface area contributed by atoms with Crippen molar-refractivity contribution in [2.75, 3.05) is 13.1 Å². The Labute approximate surface area is 145 Å². The van der Waals surface area contributed by atoms with E-state index in [9.17, 15) is 9.90 Å². The number of amides is 1. The maximum atomic E-state index is 12.9. The van der Waals surface area contributed by atoms with Gasteiger partial charge in [0.15, 0.2) is 0 Å². The molecule has 1 aromatic carbocycles. The van der Waals surface area contributed by atoms with Gasteiger partial charge in [-0.1, -0.05) is 48.2 Å². The molecular formula is C17H22N4O2S. The number of carbonyl (C=O) groups is 1. The molecule has 128 valence electrons. The SMILES string of the molecule is CCCc1nnsc1C(=O)N[C@]1(c2ccccc2)CCNC[C@H]1O. The molecule has 0 saturated carbocycles. The summed E-state index contributed by atoms with van der Waals surface area (Å²) in [5.74, 6) is -0.210. The molecule has 2 atom stereocenters. The first-order valence-electron chi connectivity index (χ1n) is 8.25. The van der Waals surface area contributed by atoms with Crippen molar-refractivity contribution >= 4 is 17.4 Å². The van der Waals surface area contributed by atoms with E-state index in [2.05, 4.69) is 20.2 Å². The predicted molar refractivity (Wildman–Crippen MR) is 93.0 cm³/mol. The second-order valence-electron chi connectivity index (χ2n) is 6.06. The molecule has 0 aliphatic carbocycles. The molecule has 24 heavy (non-hydrogen) atoms. The smallest absolute Gasteiger partial charge is 0.265 e. The fourth-order valence-electron chi connectivity index (χ4n) is 3.20. The zero-order valence-corrected chi connectivity index (χ0v) is 14.5. The van der Waals surface area contributed by atoms with Crippen LogP contribution < -0.4 is 10.6 Å². The molecule has 1 amide bonds. The molecule has 2 aromatic rings. The Bertz CT molecular complexity index is 691. The minimum absolute atomic E-state index is 0.210. The third-order valence-corrected chi connectivity index (χ3v) is 5.24. The van der Waals surface area contributed by atoms with Crippen molar-refractivity contribution in [1.29, 1.82) is 0 Å². The monoisotopic (exact) mass is 346 g/mol. The van der Waals surface area contributed by atoms with Crippen LogP contribution in [-0.2, 0) is 12.0 Å². The minimum atomic E-state index is -0.795. The van der Waals surface area contributed by atoms with E-state index in [0.29, 0.717) is 17.8 Å². The van der Waals surface area contributed by atoms with Crippen LogP contribution in [0, 0.1) is 0 Å². The van der Waals surface area contributed by atoms with Crippen molar-refractivity contribution < 1.29 is 9.90 Å². The fourth-order valence-corrected chi connectivity index (χ4v) is 3.80. The van der Waals surface area contributed by atoms with Crippen molar-refractivity contribution in [3.63, 3.8) is 0 Å². The standard InChI is InChI=1S/C17H22N4O2S/c1-2-6-13-15(24-21-20-13)16(23)19-17(9-10-18-11-14(17)22)12-7-4-3-5-8-12/h3-5,7-8,14,18,22H,2,6,9-11H2,1H3,(H,19,23)/t14-,17+/m1/s1. The Morgan fingerprint density at radius 3 is 2.96 bits per heavy atom. The zero-order chi connectivity index (χ0) is 17.0. The highest BCUT2D eigenvalue weighted by atomic mass is 32.1. The van der Waals surface area contributed by atoms with Crippen molar-refractivity contribution in [2.24, 2.45) is 0 Å². The quantitative estimate of drug-likeness (QED) is 0.763. The summed E-state index contributed by atoms with van der Waals surface area (Å²) in [6.45, 7) is 3.22. The average molecular weight is 346 g/mol. The molecule has 6 nitrogen and oxygen atoms in total. The van der Waals surface area contributed by atoms with Crippen molar-refractivity contribution in [3.8, 4) is 0 Å². The normalized spacial score (nSPS) is 23.8. The summed E-state index contributed by atoms with van der Waals surface area (Å²) in [4.78, 5) is 13.4. The van der Waals surface area contributed by atoms with E-state index in [-0.39, 0.29) is 5.91 Å². The largest absolute Gasteiger partial charge is 0.389 e. The van der Waals surface area contributed by atoms with Crippen LogP contribution in [-0.4, -0.2) is 39.8 Å². The molecular weight excluding hydrogens is 324 g/mol. The van der Waals surface area contributed by atoms with Crippen molar-refractivity contribution in [3.05, 3.63) is 46.5 Å². The Balaban J connectivity index is 1.92. The van der Waals surface area contributed by atoms with Crippen molar-refractivity contribution in [1.82, 2.24) is 20.2 Å². The highest BCUT2D eigenvalue weighted by molar-refractivity contribution is 7.08. The van der Waals surface area contributed by atoms with E-state index < -0.39 is 11.6 Å². The van der Waals surface area contributed by atoms with E-state index in [1.807, 2.05) is 37.3 Å². The zero-order valence-electron chi connectivity index (χ0n) is 13.7. The molecule has 1 fully saturated rings. The van der Waals surface area contributed by atoms with Crippen LogP contribution in [0.25, 0.3) is 0 Å². The van der Waals surface area contributed by atoms with Gasteiger partial charge in [-0.05, 0) is 36.5 Å². The van der Waals surface area contributed by atoms with Gasteiger partial charge in [0, 0.05) is 6.54 Å². The number of piperidine rings is 1. The van der Waals surface area contributed by atoms with Gasteiger partial charge in [-0.15, -0.1) is 5.10 Å².